The van der Waals surface area contributed by atoms with Gasteiger partial charge < -0.3 is 9.80 Å². The lowest BCUT2D eigenvalue weighted by Gasteiger charge is -2.35. The molecule has 3 heterocycles. The Labute approximate surface area is 212 Å². The van der Waals surface area contributed by atoms with E-state index in [0.717, 1.165) is 11.4 Å². The Bertz CT molecular complexity index is 1440. The van der Waals surface area contributed by atoms with Crippen LogP contribution in [0.25, 0.3) is 22.8 Å². The van der Waals surface area contributed by atoms with Gasteiger partial charge in [-0.2, -0.15) is 5.26 Å². The van der Waals surface area contributed by atoms with E-state index in [9.17, 15) is 13.6 Å². The summed E-state index contributed by atoms with van der Waals surface area (Å²) in [6.07, 6.45) is 2.02. The van der Waals surface area contributed by atoms with Crippen LogP contribution < -0.4 is 4.90 Å². The highest BCUT2D eigenvalue weighted by atomic mass is 19.1. The molecule has 1 aliphatic rings. The third-order valence-corrected chi connectivity index (χ3v) is 6.21. The summed E-state index contributed by atoms with van der Waals surface area (Å²) in [6.45, 7) is 2.19. The second-order valence-electron chi connectivity index (χ2n) is 8.66. The number of aromatic nitrogens is 4. The van der Waals surface area contributed by atoms with E-state index in [0.29, 0.717) is 55.4 Å². The molecular weight excluding hydrogens is 476 g/mol. The number of amides is 1. The molecule has 1 amide bonds. The van der Waals surface area contributed by atoms with Crippen LogP contribution in [-0.4, -0.2) is 56.7 Å². The van der Waals surface area contributed by atoms with E-state index in [1.54, 1.807) is 35.4 Å². The standard InChI is InChI=1S/C27H23F2N7O/c28-22-5-1-20(2-6-22)26-32-27(21-3-7-23(29)8-4-21)36(33-26)18-25(37)35-15-13-34(14-16-35)24-17-19(9-11-30)10-12-31-24/h1-8,10,12,17H,9,13-16,18H2. The first-order valence-corrected chi connectivity index (χ1v) is 11.8. The van der Waals surface area contributed by atoms with Gasteiger partial charge in [-0.1, -0.05) is 0 Å². The van der Waals surface area contributed by atoms with Gasteiger partial charge in [0.05, 0.1) is 12.5 Å². The van der Waals surface area contributed by atoms with Gasteiger partial charge in [-0.25, -0.2) is 23.4 Å². The molecule has 37 heavy (non-hydrogen) atoms. The quantitative estimate of drug-likeness (QED) is 0.402. The smallest absolute Gasteiger partial charge is 0.244 e. The molecule has 0 saturated carbocycles. The predicted octanol–water partition coefficient (Wildman–Crippen LogP) is 3.70. The minimum atomic E-state index is -0.379. The number of pyridine rings is 1. The van der Waals surface area contributed by atoms with Crippen LogP contribution in [0.4, 0.5) is 14.6 Å². The molecule has 8 nitrogen and oxygen atoms in total. The van der Waals surface area contributed by atoms with Gasteiger partial charge in [-0.3, -0.25) is 4.79 Å². The monoisotopic (exact) mass is 499 g/mol. The van der Waals surface area contributed by atoms with Gasteiger partial charge >= 0.3 is 0 Å². The van der Waals surface area contributed by atoms with Crippen molar-refractivity contribution in [3.8, 4) is 28.8 Å². The first-order valence-electron chi connectivity index (χ1n) is 11.8. The Kier molecular flexibility index (Phi) is 6.85. The molecule has 0 spiro atoms. The number of piperazine rings is 1. The van der Waals surface area contributed by atoms with E-state index < -0.39 is 0 Å². The molecular formula is C27H23F2N7O. The van der Waals surface area contributed by atoms with Gasteiger partial charge in [0.1, 0.15) is 24.0 Å². The average molecular weight is 500 g/mol. The molecule has 0 aliphatic carbocycles. The number of hydrogen-bond donors (Lipinski definition) is 0. The van der Waals surface area contributed by atoms with Gasteiger partial charge in [0.15, 0.2) is 11.6 Å². The zero-order valence-corrected chi connectivity index (χ0v) is 19.9. The highest BCUT2D eigenvalue weighted by molar-refractivity contribution is 5.77. The minimum absolute atomic E-state index is 0.0448. The number of halogens is 2. The lowest BCUT2D eigenvalue weighted by Crippen LogP contribution is -2.50. The summed E-state index contributed by atoms with van der Waals surface area (Å²) in [6, 6.07) is 17.5. The first kappa shape index (κ1) is 24.1. The second-order valence-corrected chi connectivity index (χ2v) is 8.66. The summed E-state index contributed by atoms with van der Waals surface area (Å²) in [5.41, 5.74) is 2.13. The molecule has 0 unspecified atom stereocenters. The highest BCUT2D eigenvalue weighted by Gasteiger charge is 2.24. The lowest BCUT2D eigenvalue weighted by atomic mass is 10.2. The number of carbonyl (C=O) groups is 1. The molecule has 0 atom stereocenters. The maximum Gasteiger partial charge on any atom is 0.244 e. The van der Waals surface area contributed by atoms with E-state index in [4.69, 9.17) is 5.26 Å². The minimum Gasteiger partial charge on any atom is -0.353 e. The zero-order chi connectivity index (χ0) is 25.8. The summed E-state index contributed by atoms with van der Waals surface area (Å²) in [4.78, 5) is 26.1. The van der Waals surface area contributed by atoms with Crippen molar-refractivity contribution in [3.63, 3.8) is 0 Å². The van der Waals surface area contributed by atoms with Crippen LogP contribution in [-0.2, 0) is 17.8 Å². The normalized spacial score (nSPS) is 13.4. The highest BCUT2D eigenvalue weighted by Crippen LogP contribution is 2.24. The molecule has 1 aliphatic heterocycles. The molecule has 10 heteroatoms. The van der Waals surface area contributed by atoms with Crippen LogP contribution in [0.2, 0.25) is 0 Å². The molecule has 5 rings (SSSR count). The predicted molar refractivity (Wildman–Crippen MR) is 133 cm³/mol. The van der Waals surface area contributed by atoms with Crippen molar-refractivity contribution in [2.45, 2.75) is 13.0 Å². The SMILES string of the molecule is N#CCc1ccnc(N2CCN(C(=O)Cn3nc(-c4ccc(F)cc4)nc3-c3ccc(F)cc3)CC2)c1. The molecule has 0 N–H and O–H groups in total. The van der Waals surface area contributed by atoms with Gasteiger partial charge in [-0.15, -0.1) is 5.10 Å². The van der Waals surface area contributed by atoms with E-state index in [1.165, 1.54) is 28.9 Å². The Balaban J connectivity index is 1.33. The first-order chi connectivity index (χ1) is 18.0. The zero-order valence-electron chi connectivity index (χ0n) is 19.9. The summed E-state index contributed by atoms with van der Waals surface area (Å²) in [5, 5.41) is 13.5. The average Bonchev–Trinajstić information content (AvgIpc) is 3.33. The third kappa shape index (κ3) is 5.46. The summed E-state index contributed by atoms with van der Waals surface area (Å²) < 4.78 is 28.4. The fraction of sp³-hybridized carbons (Fsp3) is 0.222. The largest absolute Gasteiger partial charge is 0.353 e. The van der Waals surface area contributed by atoms with Crippen molar-refractivity contribution in [2.75, 3.05) is 31.1 Å². The van der Waals surface area contributed by atoms with Gasteiger partial charge in [-0.05, 0) is 66.2 Å². The number of hydrogen-bond acceptors (Lipinski definition) is 6. The number of benzene rings is 2. The van der Waals surface area contributed by atoms with Crippen LogP contribution >= 0.6 is 0 Å². The molecule has 1 saturated heterocycles. The van der Waals surface area contributed by atoms with Crippen LogP contribution in [0.5, 0.6) is 0 Å². The van der Waals surface area contributed by atoms with Gasteiger partial charge in [0, 0.05) is 43.5 Å². The molecule has 0 radical (unpaired) electrons. The fourth-order valence-electron chi connectivity index (χ4n) is 4.23. The van der Waals surface area contributed by atoms with Crippen molar-refractivity contribution in [3.05, 3.63) is 84.1 Å². The van der Waals surface area contributed by atoms with Crippen LogP contribution in [0, 0.1) is 23.0 Å². The van der Waals surface area contributed by atoms with Crippen molar-refractivity contribution in [2.24, 2.45) is 0 Å². The van der Waals surface area contributed by atoms with Gasteiger partial charge in [0.25, 0.3) is 0 Å². The molecule has 0 bridgehead atoms. The van der Waals surface area contributed by atoms with E-state index in [1.807, 2.05) is 12.1 Å². The van der Waals surface area contributed by atoms with Crippen molar-refractivity contribution >= 4 is 11.7 Å². The second kappa shape index (κ2) is 10.5. The molecule has 2 aromatic carbocycles. The van der Waals surface area contributed by atoms with Crippen molar-refractivity contribution in [1.29, 1.82) is 5.26 Å². The number of rotatable bonds is 6. The van der Waals surface area contributed by atoms with Crippen molar-refractivity contribution in [1.82, 2.24) is 24.6 Å². The Hall–Kier alpha value is -4.65. The molecule has 1 fully saturated rings. The third-order valence-electron chi connectivity index (χ3n) is 6.21. The van der Waals surface area contributed by atoms with Crippen LogP contribution in [0.3, 0.4) is 0 Å². The number of nitrogens with zero attached hydrogens (tertiary/aromatic N) is 7. The summed E-state index contributed by atoms with van der Waals surface area (Å²) >= 11 is 0. The number of nitriles is 1. The van der Waals surface area contributed by atoms with Gasteiger partial charge in [0.2, 0.25) is 5.91 Å². The van der Waals surface area contributed by atoms with Crippen molar-refractivity contribution < 1.29 is 13.6 Å². The van der Waals surface area contributed by atoms with Crippen LogP contribution in [0.15, 0.2) is 66.9 Å². The molecule has 2 aromatic heterocycles. The maximum atomic E-state index is 13.5. The van der Waals surface area contributed by atoms with E-state index >= 15 is 0 Å². The summed E-state index contributed by atoms with van der Waals surface area (Å²) in [7, 11) is 0. The maximum absolute atomic E-state index is 13.5. The number of anilines is 1. The van der Waals surface area contributed by atoms with Crippen LogP contribution in [0.1, 0.15) is 5.56 Å². The molecule has 186 valence electrons. The fourth-order valence-corrected chi connectivity index (χ4v) is 4.23. The Morgan fingerprint density at radius 1 is 0.919 bits per heavy atom. The topological polar surface area (TPSA) is 90.9 Å². The Morgan fingerprint density at radius 3 is 2.22 bits per heavy atom. The number of carbonyl (C=O) groups excluding carboxylic acids is 1. The van der Waals surface area contributed by atoms with E-state index in [2.05, 4.69) is 26.0 Å². The molecule has 4 aromatic rings. The lowest BCUT2D eigenvalue weighted by molar-refractivity contribution is -0.132. The Morgan fingerprint density at radius 2 is 1.57 bits per heavy atom. The van der Waals surface area contributed by atoms with E-state index in [-0.39, 0.29) is 24.1 Å². The summed E-state index contributed by atoms with van der Waals surface area (Å²) in [5.74, 6) is 0.687.